The van der Waals surface area contributed by atoms with Crippen LogP contribution in [0.1, 0.15) is 155 Å². The molecule has 31 heavy (non-hydrogen) atoms. The molecule has 0 unspecified atom stereocenters. The monoisotopic (exact) mass is 433 g/mol. The second kappa shape index (κ2) is 21.1. The van der Waals surface area contributed by atoms with E-state index in [1.807, 2.05) is 0 Å². The fraction of sp³-hybridized carbons (Fsp3) is 0.897. The van der Waals surface area contributed by atoms with Crippen LogP contribution in [0.5, 0.6) is 0 Å². The molecule has 0 atom stereocenters. The van der Waals surface area contributed by atoms with Gasteiger partial charge in [0.05, 0.1) is 13.1 Å². The Hall–Kier alpha value is -0.790. The number of aromatic nitrogens is 2. The quantitative estimate of drug-likeness (QED) is 0.120. The van der Waals surface area contributed by atoms with Crippen LogP contribution in [0, 0.1) is 0 Å². The fourth-order valence-electron chi connectivity index (χ4n) is 4.80. The first kappa shape index (κ1) is 28.2. The minimum absolute atomic E-state index is 1.18. The minimum atomic E-state index is 1.18. The lowest BCUT2D eigenvalue weighted by molar-refractivity contribution is -0.703. The van der Waals surface area contributed by atoms with Crippen LogP contribution in [-0.2, 0) is 19.5 Å². The Balaban J connectivity index is 2.17. The molecule has 0 N–H and O–H groups in total. The summed E-state index contributed by atoms with van der Waals surface area (Å²) in [5.41, 5.74) is 0. The normalized spacial score (nSPS) is 11.5. The summed E-state index contributed by atoms with van der Waals surface area (Å²) in [6.07, 6.45) is 34.2. The van der Waals surface area contributed by atoms with Crippen molar-refractivity contribution in [2.75, 3.05) is 0 Å². The van der Waals surface area contributed by atoms with E-state index in [1.165, 1.54) is 148 Å². The summed E-state index contributed by atoms with van der Waals surface area (Å²) in [5.74, 6) is 1.58. The molecule has 1 aromatic rings. The third-order valence-electron chi connectivity index (χ3n) is 6.81. The SMILES string of the molecule is CCCCCCCCCCCCCn1cc[n+](CCC)c1CCCCCCCCCC. The molecule has 2 heteroatoms. The number of hydrogen-bond donors (Lipinski definition) is 0. The van der Waals surface area contributed by atoms with E-state index >= 15 is 0 Å². The molecule has 0 fully saturated rings. The van der Waals surface area contributed by atoms with Crippen LogP contribution >= 0.6 is 0 Å². The third-order valence-corrected chi connectivity index (χ3v) is 6.81. The third kappa shape index (κ3) is 14.8. The zero-order chi connectivity index (χ0) is 22.4. The van der Waals surface area contributed by atoms with Crippen LogP contribution in [-0.4, -0.2) is 4.57 Å². The number of hydrogen-bond acceptors (Lipinski definition) is 0. The molecule has 2 nitrogen and oxygen atoms in total. The molecule has 0 saturated carbocycles. The maximum Gasteiger partial charge on any atom is 0.256 e. The van der Waals surface area contributed by atoms with Gasteiger partial charge in [-0.05, 0) is 25.7 Å². The summed E-state index contributed by atoms with van der Waals surface area (Å²) in [7, 11) is 0. The molecule has 182 valence electrons. The molecule has 0 aliphatic heterocycles. The Bertz CT molecular complexity index is 491. The molecule has 1 aromatic heterocycles. The molecule has 0 aliphatic rings. The average Bonchev–Trinajstić information content (AvgIpc) is 3.15. The van der Waals surface area contributed by atoms with Crippen LogP contribution in [0.25, 0.3) is 0 Å². The summed E-state index contributed by atoms with van der Waals surface area (Å²) in [4.78, 5) is 0. The van der Waals surface area contributed by atoms with E-state index in [0.717, 1.165) is 0 Å². The van der Waals surface area contributed by atoms with Gasteiger partial charge < -0.3 is 0 Å². The van der Waals surface area contributed by atoms with Gasteiger partial charge in [-0.25, -0.2) is 9.13 Å². The lowest BCUT2D eigenvalue weighted by Crippen LogP contribution is -2.37. The van der Waals surface area contributed by atoms with Crippen LogP contribution in [0.15, 0.2) is 12.4 Å². The van der Waals surface area contributed by atoms with E-state index in [-0.39, 0.29) is 0 Å². The standard InChI is InChI=1S/C29H57N2/c1-4-7-9-11-13-15-16-17-19-21-23-26-31-28-27-30(25-6-3)29(31)24-22-20-18-14-12-10-8-5-2/h27-28H,4-26H2,1-3H3/q+1. The second-order valence-corrected chi connectivity index (χ2v) is 9.86. The first-order valence-electron chi connectivity index (χ1n) is 14.4. The van der Waals surface area contributed by atoms with E-state index in [0.29, 0.717) is 0 Å². The summed E-state index contributed by atoms with van der Waals surface area (Å²) in [6.45, 7) is 9.31. The van der Waals surface area contributed by atoms with Gasteiger partial charge in [0, 0.05) is 6.42 Å². The largest absolute Gasteiger partial charge is 0.256 e. The fourth-order valence-corrected chi connectivity index (χ4v) is 4.80. The van der Waals surface area contributed by atoms with Crippen LogP contribution in [0.4, 0.5) is 0 Å². The summed E-state index contributed by atoms with van der Waals surface area (Å²) in [5, 5.41) is 0. The topological polar surface area (TPSA) is 8.81 Å². The van der Waals surface area contributed by atoms with Crippen molar-refractivity contribution >= 4 is 0 Å². The molecule has 0 saturated heterocycles. The smallest absolute Gasteiger partial charge is 0.234 e. The van der Waals surface area contributed by atoms with E-state index in [9.17, 15) is 0 Å². The van der Waals surface area contributed by atoms with Crippen molar-refractivity contribution in [2.24, 2.45) is 0 Å². The molecular weight excluding hydrogens is 376 g/mol. The number of nitrogens with zero attached hydrogens (tertiary/aromatic N) is 2. The predicted octanol–water partition coefficient (Wildman–Crippen LogP) is 9.18. The van der Waals surface area contributed by atoms with Crippen LogP contribution < -0.4 is 4.57 Å². The Kier molecular flexibility index (Phi) is 19.2. The van der Waals surface area contributed by atoms with Gasteiger partial charge in [-0.2, -0.15) is 0 Å². The Morgan fingerprint density at radius 1 is 0.548 bits per heavy atom. The van der Waals surface area contributed by atoms with E-state index < -0.39 is 0 Å². The van der Waals surface area contributed by atoms with E-state index in [2.05, 4.69) is 42.3 Å². The highest BCUT2D eigenvalue weighted by Gasteiger charge is 2.15. The van der Waals surface area contributed by atoms with E-state index in [4.69, 9.17) is 0 Å². The van der Waals surface area contributed by atoms with Gasteiger partial charge in [-0.3, -0.25) is 0 Å². The Labute approximate surface area is 196 Å². The van der Waals surface area contributed by atoms with Gasteiger partial charge in [0.15, 0.2) is 0 Å². The van der Waals surface area contributed by atoms with Crippen LogP contribution in [0.2, 0.25) is 0 Å². The van der Waals surface area contributed by atoms with Gasteiger partial charge in [0.25, 0.3) is 5.82 Å². The number of aryl methyl sites for hydroxylation is 2. The van der Waals surface area contributed by atoms with Crippen molar-refractivity contribution in [3.8, 4) is 0 Å². The van der Waals surface area contributed by atoms with Crippen molar-refractivity contribution in [1.29, 1.82) is 0 Å². The number of unbranched alkanes of at least 4 members (excludes halogenated alkanes) is 17. The zero-order valence-electron chi connectivity index (χ0n) is 21.8. The molecule has 0 aromatic carbocycles. The lowest BCUT2D eigenvalue weighted by Gasteiger charge is -2.06. The maximum absolute atomic E-state index is 2.57. The zero-order valence-corrected chi connectivity index (χ0v) is 21.8. The number of rotatable bonds is 23. The van der Waals surface area contributed by atoms with Crippen molar-refractivity contribution in [2.45, 2.75) is 169 Å². The average molecular weight is 434 g/mol. The number of imidazole rings is 1. The highest BCUT2D eigenvalue weighted by molar-refractivity contribution is 4.84. The van der Waals surface area contributed by atoms with Crippen LogP contribution in [0.3, 0.4) is 0 Å². The highest BCUT2D eigenvalue weighted by Crippen LogP contribution is 2.13. The first-order valence-corrected chi connectivity index (χ1v) is 14.4. The molecule has 0 bridgehead atoms. The highest BCUT2D eigenvalue weighted by atomic mass is 15.1. The predicted molar refractivity (Wildman–Crippen MR) is 138 cm³/mol. The van der Waals surface area contributed by atoms with Gasteiger partial charge in [-0.1, -0.05) is 124 Å². The van der Waals surface area contributed by atoms with Gasteiger partial charge in [0.1, 0.15) is 12.4 Å². The van der Waals surface area contributed by atoms with Gasteiger partial charge in [0.2, 0.25) is 0 Å². The molecule has 0 spiro atoms. The maximum atomic E-state index is 2.57. The summed E-state index contributed by atoms with van der Waals surface area (Å²) in [6, 6.07) is 0. The first-order chi connectivity index (χ1) is 15.3. The molecule has 1 rings (SSSR count). The Morgan fingerprint density at radius 2 is 1.00 bits per heavy atom. The van der Waals surface area contributed by atoms with Crippen molar-refractivity contribution < 1.29 is 4.57 Å². The molecule has 0 amide bonds. The minimum Gasteiger partial charge on any atom is -0.234 e. The Morgan fingerprint density at radius 3 is 1.48 bits per heavy atom. The van der Waals surface area contributed by atoms with Crippen molar-refractivity contribution in [3.63, 3.8) is 0 Å². The molecule has 0 aliphatic carbocycles. The summed E-state index contributed by atoms with van der Waals surface area (Å²) < 4.78 is 5.10. The molecular formula is C29H57N2+. The molecule has 0 radical (unpaired) electrons. The van der Waals surface area contributed by atoms with E-state index in [1.54, 1.807) is 5.82 Å². The molecule has 1 heterocycles. The second-order valence-electron chi connectivity index (χ2n) is 9.86. The van der Waals surface area contributed by atoms with Crippen molar-refractivity contribution in [3.05, 3.63) is 18.2 Å². The van der Waals surface area contributed by atoms with Crippen molar-refractivity contribution in [1.82, 2.24) is 4.57 Å². The summed E-state index contributed by atoms with van der Waals surface area (Å²) >= 11 is 0. The lowest BCUT2D eigenvalue weighted by atomic mass is 10.1. The van der Waals surface area contributed by atoms with Gasteiger partial charge >= 0.3 is 0 Å². The van der Waals surface area contributed by atoms with Gasteiger partial charge in [-0.15, -0.1) is 0 Å².